The van der Waals surface area contributed by atoms with E-state index in [1.165, 1.54) is 6.92 Å². The summed E-state index contributed by atoms with van der Waals surface area (Å²) < 4.78 is 15.8. The predicted octanol–water partition coefficient (Wildman–Crippen LogP) is 0.734. The summed E-state index contributed by atoms with van der Waals surface area (Å²) in [7, 11) is -3.40. The summed E-state index contributed by atoms with van der Waals surface area (Å²) in [5.74, 6) is -0.174. The largest absolute Gasteiger partial charge is 0.354 e. The van der Waals surface area contributed by atoms with Gasteiger partial charge >= 0.3 is 7.60 Å². The maximum absolute atomic E-state index is 11.1. The van der Waals surface area contributed by atoms with Crippen LogP contribution in [0, 0.1) is 0 Å². The van der Waals surface area contributed by atoms with E-state index < -0.39 is 7.60 Å². The number of nitrogens with one attached hydrogen (secondary N) is 1. The van der Waals surface area contributed by atoms with E-state index in [9.17, 15) is 9.36 Å². The molecule has 0 aliphatic rings. The van der Waals surface area contributed by atoms with Crippen LogP contribution in [0.4, 0.5) is 0 Å². The lowest BCUT2D eigenvalue weighted by Gasteiger charge is -2.10. The second kappa shape index (κ2) is 6.13. The van der Waals surface area contributed by atoms with Crippen LogP contribution in [0.1, 0.15) is 20.3 Å². The lowest BCUT2D eigenvalue weighted by molar-refractivity contribution is -0.119. The summed E-state index contributed by atoms with van der Waals surface area (Å²) in [5, 5.41) is 2.46. The quantitative estimate of drug-likeness (QED) is 0.499. The zero-order valence-corrected chi connectivity index (χ0v) is 8.84. The van der Waals surface area contributed by atoms with Gasteiger partial charge in [-0.15, -0.1) is 0 Å². The Balaban J connectivity index is 3.52. The van der Waals surface area contributed by atoms with Crippen molar-refractivity contribution in [2.24, 2.45) is 0 Å². The number of carbonyl (C=O) groups excluding carboxylic acids is 1. The van der Waals surface area contributed by atoms with Gasteiger partial charge in [0.1, 0.15) is 0 Å². The molecule has 0 rings (SSSR count). The minimum absolute atomic E-state index is 0.0767. The van der Waals surface area contributed by atoms with E-state index in [1.807, 2.05) is 0 Å². The average Bonchev–Trinajstić information content (AvgIpc) is 1.98. The SMILES string of the molecule is CCCP(=O)(O)OCCNC(C)=O. The number of carbonyl (C=O) groups is 1. The van der Waals surface area contributed by atoms with Crippen LogP contribution in [0.25, 0.3) is 0 Å². The van der Waals surface area contributed by atoms with Crippen LogP contribution in [-0.4, -0.2) is 30.1 Å². The lowest BCUT2D eigenvalue weighted by atomic mass is 10.6. The Labute approximate surface area is 78.0 Å². The summed E-state index contributed by atoms with van der Waals surface area (Å²) in [4.78, 5) is 19.5. The van der Waals surface area contributed by atoms with Crippen LogP contribution in [0.2, 0.25) is 0 Å². The summed E-state index contributed by atoms with van der Waals surface area (Å²) in [6, 6.07) is 0. The van der Waals surface area contributed by atoms with E-state index in [4.69, 9.17) is 9.42 Å². The highest BCUT2D eigenvalue weighted by Crippen LogP contribution is 2.41. The van der Waals surface area contributed by atoms with E-state index in [0.717, 1.165) is 0 Å². The van der Waals surface area contributed by atoms with Gasteiger partial charge in [0.25, 0.3) is 0 Å². The normalized spacial score (nSPS) is 15.0. The van der Waals surface area contributed by atoms with Crippen molar-refractivity contribution in [2.45, 2.75) is 20.3 Å². The molecule has 0 bridgehead atoms. The van der Waals surface area contributed by atoms with Crippen LogP contribution in [0.5, 0.6) is 0 Å². The van der Waals surface area contributed by atoms with E-state index in [-0.39, 0.29) is 25.2 Å². The van der Waals surface area contributed by atoms with Gasteiger partial charge in [-0.3, -0.25) is 9.36 Å². The maximum atomic E-state index is 11.1. The molecule has 2 N–H and O–H groups in total. The summed E-state index contributed by atoms with van der Waals surface area (Å²) in [6.07, 6.45) is 0.765. The first-order chi connectivity index (χ1) is 5.98. The molecule has 0 radical (unpaired) electrons. The van der Waals surface area contributed by atoms with Crippen LogP contribution < -0.4 is 5.32 Å². The molecule has 0 aliphatic heterocycles. The zero-order valence-electron chi connectivity index (χ0n) is 7.95. The fourth-order valence-electron chi connectivity index (χ4n) is 0.762. The van der Waals surface area contributed by atoms with Gasteiger partial charge in [0, 0.05) is 19.6 Å². The zero-order chi connectivity index (χ0) is 10.3. The van der Waals surface area contributed by atoms with Crippen molar-refractivity contribution in [1.29, 1.82) is 0 Å². The van der Waals surface area contributed by atoms with Crippen molar-refractivity contribution in [3.63, 3.8) is 0 Å². The van der Waals surface area contributed by atoms with Gasteiger partial charge < -0.3 is 14.7 Å². The molecule has 6 heteroatoms. The van der Waals surface area contributed by atoms with Gasteiger partial charge in [-0.2, -0.15) is 0 Å². The molecule has 1 amide bonds. The molecule has 13 heavy (non-hydrogen) atoms. The minimum Gasteiger partial charge on any atom is -0.354 e. The monoisotopic (exact) mass is 209 g/mol. The molecular weight excluding hydrogens is 193 g/mol. The topological polar surface area (TPSA) is 75.6 Å². The van der Waals surface area contributed by atoms with E-state index in [2.05, 4.69) is 5.32 Å². The molecule has 1 unspecified atom stereocenters. The molecule has 5 nitrogen and oxygen atoms in total. The van der Waals surface area contributed by atoms with Crippen molar-refractivity contribution in [2.75, 3.05) is 19.3 Å². The Hall–Kier alpha value is -0.380. The number of hydrogen-bond acceptors (Lipinski definition) is 3. The number of hydrogen-bond donors (Lipinski definition) is 2. The highest BCUT2D eigenvalue weighted by Gasteiger charge is 2.16. The lowest BCUT2D eigenvalue weighted by Crippen LogP contribution is -2.24. The summed E-state index contributed by atoms with van der Waals surface area (Å²) >= 11 is 0. The van der Waals surface area contributed by atoms with Crippen molar-refractivity contribution in [3.8, 4) is 0 Å². The number of rotatable bonds is 6. The van der Waals surface area contributed by atoms with Crippen molar-refractivity contribution in [3.05, 3.63) is 0 Å². The first kappa shape index (κ1) is 12.6. The standard InChI is InChI=1S/C7H16NO4P/c1-3-6-13(10,11)12-5-4-8-7(2)9/h3-6H2,1-2H3,(H,8,9)(H,10,11). The molecular formula is C7H16NO4P. The third kappa shape index (κ3) is 7.96. The van der Waals surface area contributed by atoms with Gasteiger partial charge in [0.2, 0.25) is 5.91 Å². The third-order valence-electron chi connectivity index (χ3n) is 1.28. The molecule has 0 aliphatic carbocycles. The Bertz CT molecular complexity index is 207. The first-order valence-electron chi connectivity index (χ1n) is 4.18. The minimum atomic E-state index is -3.40. The van der Waals surface area contributed by atoms with Crippen molar-refractivity contribution >= 4 is 13.5 Å². The smallest absolute Gasteiger partial charge is 0.328 e. The predicted molar refractivity (Wildman–Crippen MR) is 49.6 cm³/mol. The van der Waals surface area contributed by atoms with Crippen molar-refractivity contribution < 1.29 is 18.8 Å². The van der Waals surface area contributed by atoms with Crippen molar-refractivity contribution in [1.82, 2.24) is 5.32 Å². The van der Waals surface area contributed by atoms with Crippen LogP contribution >= 0.6 is 7.60 Å². The molecule has 0 aromatic carbocycles. The van der Waals surface area contributed by atoms with Gasteiger partial charge in [-0.05, 0) is 6.42 Å². The van der Waals surface area contributed by atoms with Crippen LogP contribution in [0.15, 0.2) is 0 Å². The molecule has 1 atom stereocenters. The molecule has 0 fully saturated rings. The van der Waals surface area contributed by atoms with Crippen LogP contribution in [0.3, 0.4) is 0 Å². The second-order valence-corrected chi connectivity index (χ2v) is 4.66. The molecule has 0 aromatic rings. The number of amides is 1. The highest BCUT2D eigenvalue weighted by atomic mass is 31.2. The second-order valence-electron chi connectivity index (χ2n) is 2.68. The fraction of sp³-hybridized carbons (Fsp3) is 0.857. The average molecular weight is 209 g/mol. The van der Waals surface area contributed by atoms with Crippen LogP contribution in [-0.2, 0) is 13.9 Å². The van der Waals surface area contributed by atoms with Gasteiger partial charge in [-0.1, -0.05) is 6.92 Å². The van der Waals surface area contributed by atoms with E-state index >= 15 is 0 Å². The summed E-state index contributed by atoms with van der Waals surface area (Å²) in [6.45, 7) is 3.53. The van der Waals surface area contributed by atoms with E-state index in [0.29, 0.717) is 6.42 Å². The molecule has 0 saturated heterocycles. The summed E-state index contributed by atoms with van der Waals surface area (Å²) in [5.41, 5.74) is 0. The Kier molecular flexibility index (Phi) is 5.95. The molecule has 0 heterocycles. The Morgan fingerprint density at radius 3 is 2.69 bits per heavy atom. The Morgan fingerprint density at radius 1 is 1.62 bits per heavy atom. The first-order valence-corrected chi connectivity index (χ1v) is 5.95. The molecule has 0 spiro atoms. The van der Waals surface area contributed by atoms with Gasteiger partial charge in [0.05, 0.1) is 6.61 Å². The highest BCUT2D eigenvalue weighted by molar-refractivity contribution is 7.52. The van der Waals surface area contributed by atoms with Gasteiger partial charge in [0.15, 0.2) is 0 Å². The van der Waals surface area contributed by atoms with E-state index in [1.54, 1.807) is 6.92 Å². The maximum Gasteiger partial charge on any atom is 0.328 e. The third-order valence-corrected chi connectivity index (χ3v) is 2.87. The Morgan fingerprint density at radius 2 is 2.23 bits per heavy atom. The molecule has 0 aromatic heterocycles. The van der Waals surface area contributed by atoms with Gasteiger partial charge in [-0.25, -0.2) is 0 Å². The molecule has 78 valence electrons. The fourth-order valence-corrected chi connectivity index (χ4v) is 1.83. The molecule has 0 saturated carbocycles.